The van der Waals surface area contributed by atoms with Crippen molar-refractivity contribution < 1.29 is 27.5 Å². The number of halogens is 3. The van der Waals surface area contributed by atoms with Gasteiger partial charge < -0.3 is 25.1 Å². The Labute approximate surface area is 226 Å². The Morgan fingerprint density at radius 3 is 2.31 bits per heavy atom. The third-order valence-electron chi connectivity index (χ3n) is 4.58. The zero-order valence-electron chi connectivity index (χ0n) is 23.2. The number of carbonyl (C=O) groups is 2. The fourth-order valence-electron chi connectivity index (χ4n) is 3.12. The van der Waals surface area contributed by atoms with Crippen molar-refractivity contribution in [2.45, 2.75) is 52.9 Å². The Kier molecular flexibility index (Phi) is 12.3. The number of aromatic nitrogens is 3. The first-order valence-corrected chi connectivity index (χ1v) is 12.0. The van der Waals surface area contributed by atoms with E-state index in [0.29, 0.717) is 23.3 Å². The number of nitrogens with one attached hydrogen (secondary N) is 2. The number of carbonyl (C=O) groups excluding carboxylic acids is 2. The number of esters is 1. The summed E-state index contributed by atoms with van der Waals surface area (Å²) in [5.41, 5.74) is -0.271. The number of hydrogen-bond acceptors (Lipinski definition) is 9. The van der Waals surface area contributed by atoms with E-state index < -0.39 is 23.3 Å². The maximum absolute atomic E-state index is 13.6. The van der Waals surface area contributed by atoms with Crippen LogP contribution in [0.25, 0.3) is 0 Å². The Morgan fingerprint density at radius 1 is 1.05 bits per heavy atom. The zero-order chi connectivity index (χ0) is 29.8. The summed E-state index contributed by atoms with van der Waals surface area (Å²) in [4.78, 5) is 34.2. The van der Waals surface area contributed by atoms with E-state index in [2.05, 4.69) is 25.6 Å². The largest absolute Gasteiger partial charge is 0.456 e. The second-order valence-corrected chi connectivity index (χ2v) is 8.90. The third-order valence-corrected chi connectivity index (χ3v) is 4.58. The van der Waals surface area contributed by atoms with Gasteiger partial charge in [0.1, 0.15) is 29.6 Å². The molecule has 0 bridgehead atoms. The minimum Gasteiger partial charge on any atom is -0.456 e. The number of alkyl halides is 3. The Bertz CT molecular complexity index is 1210. The number of nitrogens with zero attached hydrogens (tertiary/aromatic N) is 4. The summed E-state index contributed by atoms with van der Waals surface area (Å²) in [6, 6.07) is 9.83. The molecule has 2 N–H and O–H groups in total. The molecule has 0 fully saturated rings. The summed E-state index contributed by atoms with van der Waals surface area (Å²) >= 11 is 0. The molecule has 0 saturated carbocycles. The lowest BCUT2D eigenvalue weighted by molar-refractivity contribution is -0.137. The molecule has 0 unspecified atom stereocenters. The highest BCUT2D eigenvalue weighted by molar-refractivity contribution is 5.91. The minimum absolute atomic E-state index is 0.0645. The molecule has 12 heteroatoms. The normalized spacial score (nSPS) is 10.7. The molecule has 39 heavy (non-hydrogen) atoms. The van der Waals surface area contributed by atoms with E-state index in [1.165, 1.54) is 6.07 Å². The summed E-state index contributed by atoms with van der Waals surface area (Å²) < 4.78 is 46.2. The lowest BCUT2D eigenvalue weighted by atomic mass is 10.1. The summed E-state index contributed by atoms with van der Waals surface area (Å²) in [6.45, 7) is 11.3. The van der Waals surface area contributed by atoms with Gasteiger partial charge in [0.05, 0.1) is 5.56 Å². The van der Waals surface area contributed by atoms with Gasteiger partial charge in [-0.2, -0.15) is 18.2 Å². The van der Waals surface area contributed by atoms with E-state index in [4.69, 9.17) is 9.53 Å². The van der Waals surface area contributed by atoms with Crippen LogP contribution in [0.15, 0.2) is 48.8 Å². The molecule has 2 heterocycles. The SMILES string of the molecule is C=O.CC.CN(C)c1ncccc1CNc1nc(Nc2cccc(C(=O)OC(C)(C)C)c2)ncc1C(F)(F)F. The van der Waals surface area contributed by atoms with Crippen LogP contribution in [0.2, 0.25) is 0 Å². The zero-order valence-corrected chi connectivity index (χ0v) is 23.2. The fourth-order valence-corrected chi connectivity index (χ4v) is 3.12. The molecule has 0 spiro atoms. The molecule has 2 aromatic heterocycles. The van der Waals surface area contributed by atoms with Gasteiger partial charge >= 0.3 is 12.1 Å². The van der Waals surface area contributed by atoms with Gasteiger partial charge in [-0.3, -0.25) is 0 Å². The predicted molar refractivity (Wildman–Crippen MR) is 146 cm³/mol. The molecule has 0 amide bonds. The smallest absolute Gasteiger partial charge is 0.421 e. The number of benzene rings is 1. The van der Waals surface area contributed by atoms with Gasteiger partial charge in [0.25, 0.3) is 0 Å². The van der Waals surface area contributed by atoms with Gasteiger partial charge in [0.15, 0.2) is 0 Å². The Hall–Kier alpha value is -4.22. The molecule has 0 aliphatic carbocycles. The number of anilines is 4. The molecule has 3 aromatic rings. The summed E-state index contributed by atoms with van der Waals surface area (Å²) in [5, 5.41) is 5.61. The van der Waals surface area contributed by atoms with Crippen molar-refractivity contribution in [1.29, 1.82) is 0 Å². The van der Waals surface area contributed by atoms with Crippen LogP contribution in [0, 0.1) is 0 Å². The van der Waals surface area contributed by atoms with Gasteiger partial charge in [-0.05, 0) is 45.0 Å². The average Bonchev–Trinajstić information content (AvgIpc) is 2.88. The standard InChI is InChI=1S/C24H27F3N6O2.C2H6.CH2O/c1-23(2,3)35-21(34)15-8-6-10-17(12-15)31-22-30-14-18(24(25,26)27)19(32-22)29-13-16-9-7-11-28-20(16)33(4)5;2*1-2/h6-12,14H,13H2,1-5H3,(H2,29,30,31,32);1-2H3;1H2. The van der Waals surface area contributed by atoms with Crippen molar-refractivity contribution in [3.63, 3.8) is 0 Å². The molecular formula is C27H35F3N6O3. The molecule has 9 nitrogen and oxygen atoms in total. The average molecular weight is 549 g/mol. The molecule has 0 radical (unpaired) electrons. The number of ether oxygens (including phenoxy) is 1. The lowest BCUT2D eigenvalue weighted by Crippen LogP contribution is -2.23. The molecule has 0 saturated heterocycles. The molecule has 212 valence electrons. The van der Waals surface area contributed by atoms with Crippen LogP contribution in [0.1, 0.15) is 56.1 Å². The van der Waals surface area contributed by atoms with E-state index in [1.54, 1.807) is 76.3 Å². The lowest BCUT2D eigenvalue weighted by Gasteiger charge is -2.20. The topological polar surface area (TPSA) is 109 Å². The van der Waals surface area contributed by atoms with Crippen LogP contribution in [0.4, 0.5) is 36.4 Å². The van der Waals surface area contributed by atoms with Crippen LogP contribution in [-0.2, 0) is 22.3 Å². The van der Waals surface area contributed by atoms with Gasteiger partial charge in [0.2, 0.25) is 5.95 Å². The first-order valence-electron chi connectivity index (χ1n) is 12.0. The quantitative estimate of drug-likeness (QED) is 0.338. The highest BCUT2D eigenvalue weighted by Crippen LogP contribution is 2.34. The van der Waals surface area contributed by atoms with Crippen molar-refractivity contribution in [2.75, 3.05) is 29.6 Å². The second-order valence-electron chi connectivity index (χ2n) is 8.90. The molecule has 1 aromatic carbocycles. The fraction of sp³-hybridized carbons (Fsp3) is 0.370. The van der Waals surface area contributed by atoms with Gasteiger partial charge in [0, 0.05) is 44.3 Å². The van der Waals surface area contributed by atoms with E-state index in [-0.39, 0.29) is 23.9 Å². The number of hydrogen-bond donors (Lipinski definition) is 2. The van der Waals surface area contributed by atoms with Crippen molar-refractivity contribution >= 4 is 36.0 Å². The van der Waals surface area contributed by atoms with Gasteiger partial charge in [-0.25, -0.2) is 14.8 Å². The minimum atomic E-state index is -4.66. The first-order chi connectivity index (χ1) is 18.3. The van der Waals surface area contributed by atoms with Crippen LogP contribution in [0.5, 0.6) is 0 Å². The van der Waals surface area contributed by atoms with Crippen molar-refractivity contribution in [3.05, 3.63) is 65.5 Å². The van der Waals surface area contributed by atoms with Crippen molar-refractivity contribution in [3.8, 4) is 0 Å². The van der Waals surface area contributed by atoms with Crippen LogP contribution >= 0.6 is 0 Å². The molecule has 3 rings (SSSR count). The summed E-state index contributed by atoms with van der Waals surface area (Å²) in [6.07, 6.45) is -2.33. The maximum atomic E-state index is 13.6. The molecule has 0 aliphatic rings. The Balaban J connectivity index is 0.00000181. The predicted octanol–water partition coefficient (Wildman–Crippen LogP) is 6.11. The molecule has 0 atom stereocenters. The van der Waals surface area contributed by atoms with E-state index in [9.17, 15) is 18.0 Å². The van der Waals surface area contributed by atoms with Crippen LogP contribution in [0.3, 0.4) is 0 Å². The maximum Gasteiger partial charge on any atom is 0.421 e. The molecule has 0 aliphatic heterocycles. The second kappa shape index (κ2) is 14.6. The van der Waals surface area contributed by atoms with E-state index >= 15 is 0 Å². The van der Waals surface area contributed by atoms with Gasteiger partial charge in [-0.15, -0.1) is 0 Å². The summed E-state index contributed by atoms with van der Waals surface area (Å²) in [5.74, 6) is -0.349. The number of pyridine rings is 1. The first kappa shape index (κ1) is 32.8. The number of rotatable bonds is 7. The third kappa shape index (κ3) is 10.2. The van der Waals surface area contributed by atoms with Crippen molar-refractivity contribution in [1.82, 2.24) is 15.0 Å². The molecular weight excluding hydrogens is 513 g/mol. The monoisotopic (exact) mass is 548 g/mol. The highest BCUT2D eigenvalue weighted by Gasteiger charge is 2.35. The Morgan fingerprint density at radius 2 is 1.72 bits per heavy atom. The summed E-state index contributed by atoms with van der Waals surface area (Å²) in [7, 11) is 3.59. The van der Waals surface area contributed by atoms with Crippen LogP contribution in [-0.4, -0.2) is 47.4 Å². The van der Waals surface area contributed by atoms with Gasteiger partial charge in [-0.1, -0.05) is 26.0 Å². The van der Waals surface area contributed by atoms with E-state index in [0.717, 1.165) is 0 Å². The van der Waals surface area contributed by atoms with Crippen molar-refractivity contribution in [2.24, 2.45) is 0 Å². The highest BCUT2D eigenvalue weighted by atomic mass is 19.4. The van der Waals surface area contributed by atoms with E-state index in [1.807, 2.05) is 20.6 Å². The van der Waals surface area contributed by atoms with Crippen LogP contribution < -0.4 is 15.5 Å².